The molecular weight excluding hydrogens is 351 g/mol. The van der Waals surface area contributed by atoms with Crippen LogP contribution < -0.4 is 10.2 Å². The summed E-state index contributed by atoms with van der Waals surface area (Å²) >= 11 is 0. The van der Waals surface area contributed by atoms with Crippen molar-refractivity contribution < 1.29 is 17.9 Å². The van der Waals surface area contributed by atoms with Gasteiger partial charge in [0.15, 0.2) is 0 Å². The van der Waals surface area contributed by atoms with Crippen LogP contribution in [0.4, 0.5) is 24.5 Å². The van der Waals surface area contributed by atoms with Gasteiger partial charge in [-0.2, -0.15) is 23.6 Å². The maximum Gasteiger partial charge on any atom is 0.416 e. The average molecular weight is 365 g/mol. The van der Waals surface area contributed by atoms with E-state index in [4.69, 9.17) is 10.00 Å². The first-order chi connectivity index (χ1) is 12.5. The van der Waals surface area contributed by atoms with Gasteiger partial charge in [0.1, 0.15) is 11.6 Å². The second kappa shape index (κ2) is 7.40. The molecule has 0 bridgehead atoms. The van der Waals surface area contributed by atoms with Crippen molar-refractivity contribution >= 4 is 16.9 Å². The molecule has 0 atom stereocenters. The largest absolute Gasteiger partial charge is 0.416 e. The van der Waals surface area contributed by atoms with Gasteiger partial charge in [-0.3, -0.25) is 0 Å². The molecule has 0 unspecified atom stereocenters. The number of aromatic nitrogens is 4. The van der Waals surface area contributed by atoms with E-state index in [1.807, 2.05) is 11.0 Å². The molecule has 11 heteroatoms. The molecule has 0 saturated carbocycles. The van der Waals surface area contributed by atoms with E-state index in [0.29, 0.717) is 32.0 Å². The quantitative estimate of drug-likeness (QED) is 0.799. The first-order valence-corrected chi connectivity index (χ1v) is 7.63. The lowest BCUT2D eigenvalue weighted by atomic mass is 10.1. The zero-order valence-electron chi connectivity index (χ0n) is 13.4. The predicted octanol–water partition coefficient (Wildman–Crippen LogP) is 2.03. The number of ether oxygens (including phenoxy) is 1. The Morgan fingerprint density at radius 2 is 2.08 bits per heavy atom. The summed E-state index contributed by atoms with van der Waals surface area (Å²) in [6.07, 6.45) is -3.25. The summed E-state index contributed by atoms with van der Waals surface area (Å²) in [5, 5.41) is 24.7. The second-order valence-electron chi connectivity index (χ2n) is 5.42. The van der Waals surface area contributed by atoms with Crippen LogP contribution in [0.1, 0.15) is 11.4 Å². The van der Waals surface area contributed by atoms with E-state index in [0.717, 1.165) is 12.1 Å². The minimum Gasteiger partial charge on any atom is -0.378 e. The highest BCUT2D eigenvalue weighted by Gasteiger charge is 2.32. The molecule has 2 aromatic rings. The number of nitrogens with zero attached hydrogens (tertiary/aromatic N) is 5. The van der Waals surface area contributed by atoms with E-state index in [1.165, 1.54) is 6.20 Å². The van der Waals surface area contributed by atoms with Gasteiger partial charge in [-0.15, -0.1) is 10.2 Å². The van der Waals surface area contributed by atoms with Crippen LogP contribution >= 0.6 is 0 Å². The Bertz CT molecular complexity index is 821. The molecule has 2 N–H and O–H groups in total. The average Bonchev–Trinajstić information content (AvgIpc) is 3.16. The van der Waals surface area contributed by atoms with Crippen LogP contribution in [-0.2, 0) is 10.9 Å². The minimum atomic E-state index is -4.49. The topological polar surface area (TPSA) is 103 Å². The summed E-state index contributed by atoms with van der Waals surface area (Å²) in [4.78, 5) is 1.82. The monoisotopic (exact) mass is 365 g/mol. The number of hydrogen-bond acceptors (Lipinski definition) is 7. The summed E-state index contributed by atoms with van der Waals surface area (Å²) in [6.45, 7) is 1.91. The van der Waals surface area contributed by atoms with Gasteiger partial charge in [-0.1, -0.05) is 0 Å². The van der Waals surface area contributed by atoms with Crippen LogP contribution in [0.5, 0.6) is 0 Å². The molecule has 1 aromatic heterocycles. The Kier molecular flexibility index (Phi) is 5.04. The number of halogens is 3. The minimum absolute atomic E-state index is 0.0316. The summed E-state index contributed by atoms with van der Waals surface area (Å²) < 4.78 is 44.9. The Morgan fingerprint density at radius 1 is 1.31 bits per heavy atom. The lowest BCUT2D eigenvalue weighted by Crippen LogP contribution is -2.36. The van der Waals surface area contributed by atoms with Crippen LogP contribution in [0.25, 0.3) is 5.57 Å². The molecule has 26 heavy (non-hydrogen) atoms. The number of hydrogen-bond donors (Lipinski definition) is 2. The van der Waals surface area contributed by atoms with Gasteiger partial charge < -0.3 is 15.0 Å². The lowest BCUT2D eigenvalue weighted by Gasteiger charge is -2.29. The molecule has 136 valence electrons. The summed E-state index contributed by atoms with van der Waals surface area (Å²) in [5.41, 5.74) is -0.130. The molecule has 1 saturated heterocycles. The number of aromatic amines is 1. The number of morpholine rings is 1. The number of alkyl halides is 3. The molecule has 1 aromatic carbocycles. The van der Waals surface area contributed by atoms with Gasteiger partial charge >= 0.3 is 6.18 Å². The number of nitriles is 1. The van der Waals surface area contributed by atoms with E-state index in [-0.39, 0.29) is 17.1 Å². The van der Waals surface area contributed by atoms with Crippen molar-refractivity contribution in [1.82, 2.24) is 20.6 Å². The molecule has 0 aliphatic carbocycles. The summed E-state index contributed by atoms with van der Waals surface area (Å²) in [6, 6.07) is 5.53. The molecule has 8 nitrogen and oxygen atoms in total. The van der Waals surface area contributed by atoms with Crippen molar-refractivity contribution in [2.24, 2.45) is 0 Å². The number of benzene rings is 1. The third-order valence-corrected chi connectivity index (χ3v) is 3.71. The van der Waals surface area contributed by atoms with Gasteiger partial charge in [0, 0.05) is 30.7 Å². The highest BCUT2D eigenvalue weighted by atomic mass is 19.4. The number of tetrazole rings is 1. The third-order valence-electron chi connectivity index (χ3n) is 3.71. The molecule has 0 spiro atoms. The molecular formula is C15H14F3N7O. The molecule has 1 fully saturated rings. The van der Waals surface area contributed by atoms with Crippen LogP contribution in [-0.4, -0.2) is 46.9 Å². The van der Waals surface area contributed by atoms with Crippen molar-refractivity contribution in [2.75, 3.05) is 36.5 Å². The SMILES string of the molecule is N#CC(=CNc1cc(N2CCOCC2)cc(C(F)(F)F)c1)c1nn[nH]n1. The van der Waals surface area contributed by atoms with Crippen molar-refractivity contribution in [1.29, 1.82) is 5.26 Å². The van der Waals surface area contributed by atoms with E-state index in [9.17, 15) is 13.2 Å². The van der Waals surface area contributed by atoms with Gasteiger partial charge in [0.25, 0.3) is 0 Å². The molecule has 1 aliphatic rings. The van der Waals surface area contributed by atoms with Gasteiger partial charge in [-0.25, -0.2) is 0 Å². The number of allylic oxidation sites excluding steroid dienone is 1. The van der Waals surface area contributed by atoms with Gasteiger partial charge in [0.2, 0.25) is 5.82 Å². The standard InChI is InChI=1S/C15H14F3N7O/c16-15(17,18)11-5-12(7-13(6-11)25-1-3-26-4-2-25)20-9-10(8-19)14-21-23-24-22-14/h5-7,9,20H,1-4H2,(H,21,22,23,24). The summed E-state index contributed by atoms with van der Waals surface area (Å²) in [7, 11) is 0. The number of nitrogens with one attached hydrogen (secondary N) is 2. The normalized spacial score (nSPS) is 15.6. The van der Waals surface area contributed by atoms with E-state index in [1.54, 1.807) is 6.07 Å². The highest BCUT2D eigenvalue weighted by molar-refractivity contribution is 5.74. The van der Waals surface area contributed by atoms with Gasteiger partial charge in [0.05, 0.1) is 18.8 Å². The van der Waals surface area contributed by atoms with Gasteiger partial charge in [-0.05, 0) is 23.4 Å². The third kappa shape index (κ3) is 4.09. The Morgan fingerprint density at radius 3 is 2.69 bits per heavy atom. The van der Waals surface area contributed by atoms with Crippen molar-refractivity contribution in [3.8, 4) is 6.07 Å². The Hall–Kier alpha value is -3.13. The fraction of sp³-hybridized carbons (Fsp3) is 0.333. The predicted molar refractivity (Wildman–Crippen MR) is 85.9 cm³/mol. The number of rotatable bonds is 4. The van der Waals surface area contributed by atoms with Crippen LogP contribution in [0.15, 0.2) is 24.4 Å². The highest BCUT2D eigenvalue weighted by Crippen LogP contribution is 2.34. The fourth-order valence-corrected chi connectivity index (χ4v) is 2.44. The number of H-pyrrole nitrogens is 1. The van der Waals surface area contributed by atoms with Crippen LogP contribution in [0.2, 0.25) is 0 Å². The maximum absolute atomic E-state index is 13.2. The fourth-order valence-electron chi connectivity index (χ4n) is 2.44. The Balaban J connectivity index is 1.91. The number of anilines is 2. The Labute approximate surface area is 146 Å². The van der Waals surface area contributed by atoms with Crippen LogP contribution in [0.3, 0.4) is 0 Å². The smallest absolute Gasteiger partial charge is 0.378 e. The maximum atomic E-state index is 13.2. The molecule has 0 amide bonds. The van der Waals surface area contributed by atoms with Crippen LogP contribution in [0, 0.1) is 11.3 Å². The van der Waals surface area contributed by atoms with Crippen molar-refractivity contribution in [2.45, 2.75) is 6.18 Å². The molecule has 2 heterocycles. The molecule has 1 aliphatic heterocycles. The van der Waals surface area contributed by atoms with Crippen molar-refractivity contribution in [3.05, 3.63) is 35.8 Å². The first kappa shape index (κ1) is 17.7. The van der Waals surface area contributed by atoms with E-state index in [2.05, 4.69) is 25.9 Å². The zero-order chi connectivity index (χ0) is 18.6. The van der Waals surface area contributed by atoms with E-state index >= 15 is 0 Å². The summed E-state index contributed by atoms with van der Waals surface area (Å²) in [5.74, 6) is 0.0420. The zero-order valence-corrected chi connectivity index (χ0v) is 13.4. The molecule has 3 rings (SSSR count). The second-order valence-corrected chi connectivity index (χ2v) is 5.42. The van der Waals surface area contributed by atoms with E-state index < -0.39 is 11.7 Å². The first-order valence-electron chi connectivity index (χ1n) is 7.63. The molecule has 0 radical (unpaired) electrons. The van der Waals surface area contributed by atoms with Crippen molar-refractivity contribution in [3.63, 3.8) is 0 Å². The lowest BCUT2D eigenvalue weighted by molar-refractivity contribution is -0.137.